The summed E-state index contributed by atoms with van der Waals surface area (Å²) in [6, 6.07) is 3.26. The van der Waals surface area contributed by atoms with Gasteiger partial charge in [0.05, 0.1) is 25.6 Å². The van der Waals surface area contributed by atoms with Crippen molar-refractivity contribution in [1.82, 2.24) is 29.7 Å². The fourth-order valence-corrected chi connectivity index (χ4v) is 6.71. The zero-order valence-electron chi connectivity index (χ0n) is 24.4. The number of esters is 1. The van der Waals surface area contributed by atoms with Crippen LogP contribution in [0, 0.1) is 6.92 Å². The third-order valence-corrected chi connectivity index (χ3v) is 8.41. The van der Waals surface area contributed by atoms with E-state index < -0.39 is 37.5 Å². The number of carbonyl (C=O) groups excluding carboxylic acids is 1. The number of nitrogens with zero attached hydrogens (tertiary/aromatic N) is 4. The van der Waals surface area contributed by atoms with Gasteiger partial charge >= 0.3 is 12.3 Å². The van der Waals surface area contributed by atoms with Crippen molar-refractivity contribution < 1.29 is 36.7 Å². The minimum absolute atomic E-state index is 0.198. The highest BCUT2D eigenvalue weighted by atomic mass is 31.2. The van der Waals surface area contributed by atoms with Crippen LogP contribution in [-0.4, -0.2) is 56.4 Å². The number of nitrogens with two attached hydrogens (primary N) is 1. The molecule has 0 saturated heterocycles. The molecule has 16 heteroatoms. The second-order valence-corrected chi connectivity index (χ2v) is 12.7. The van der Waals surface area contributed by atoms with E-state index in [1.54, 1.807) is 45.5 Å². The van der Waals surface area contributed by atoms with E-state index in [4.69, 9.17) is 15.2 Å². The van der Waals surface area contributed by atoms with Gasteiger partial charge in [0.2, 0.25) is 7.44 Å². The first-order valence-corrected chi connectivity index (χ1v) is 15.2. The summed E-state index contributed by atoms with van der Waals surface area (Å²) >= 11 is 0. The molecule has 0 aliphatic heterocycles. The number of carbonyl (C=O) groups is 1. The van der Waals surface area contributed by atoms with Gasteiger partial charge in [-0.2, -0.15) is 0 Å². The number of rotatable bonds is 14. The highest BCUT2D eigenvalue weighted by Gasteiger charge is 2.39. The predicted octanol–water partition coefficient (Wildman–Crippen LogP) is 4.84. The van der Waals surface area contributed by atoms with E-state index in [1.807, 2.05) is 6.92 Å². The van der Waals surface area contributed by atoms with Crippen LogP contribution in [0.5, 0.6) is 5.75 Å². The Kier molecular flexibility index (Phi) is 10.6. The van der Waals surface area contributed by atoms with Crippen molar-refractivity contribution in [1.29, 1.82) is 0 Å². The third kappa shape index (κ3) is 8.87. The highest BCUT2D eigenvalue weighted by molar-refractivity contribution is 7.59. The predicted molar refractivity (Wildman–Crippen MR) is 151 cm³/mol. The molecule has 0 fully saturated rings. The van der Waals surface area contributed by atoms with E-state index in [1.165, 1.54) is 24.5 Å². The number of nitrogen functional groups attached to an aromatic ring is 1. The number of hydrogen-bond donors (Lipinski definition) is 3. The Labute approximate surface area is 242 Å². The lowest BCUT2D eigenvalue weighted by Gasteiger charge is -2.33. The van der Waals surface area contributed by atoms with E-state index in [2.05, 4.69) is 29.9 Å². The molecule has 3 atom stereocenters. The molecule has 0 bridgehead atoms. The third-order valence-electron chi connectivity index (χ3n) is 6.18. The summed E-state index contributed by atoms with van der Waals surface area (Å²) in [4.78, 5) is 25.1. The smallest absolute Gasteiger partial charge is 0.464 e. The van der Waals surface area contributed by atoms with Crippen LogP contribution >= 0.6 is 7.44 Å². The van der Waals surface area contributed by atoms with Crippen molar-refractivity contribution >= 4 is 30.4 Å². The molecular weight excluding hydrogens is 578 g/mol. The normalized spacial score (nSPS) is 15.3. The monoisotopic (exact) mass is 615 g/mol. The Hall–Kier alpha value is -3.26. The number of hydrogen-bond acceptors (Lipinski definition) is 9. The molecule has 42 heavy (non-hydrogen) atoms. The first-order chi connectivity index (χ1) is 19.5. The minimum Gasteiger partial charge on any atom is -0.464 e. The Bertz CT molecular complexity index is 1430. The van der Waals surface area contributed by atoms with Crippen LogP contribution in [0.1, 0.15) is 58.2 Å². The van der Waals surface area contributed by atoms with Gasteiger partial charge in [0.1, 0.15) is 29.5 Å². The summed E-state index contributed by atoms with van der Waals surface area (Å²) in [7, 11) is -3.72. The van der Waals surface area contributed by atoms with Gasteiger partial charge in [-0.15, -0.1) is 13.2 Å². The Morgan fingerprint density at radius 1 is 1.19 bits per heavy atom. The lowest BCUT2D eigenvalue weighted by atomic mass is 10.0. The molecule has 232 valence electrons. The van der Waals surface area contributed by atoms with Crippen molar-refractivity contribution in [3.8, 4) is 5.75 Å². The highest BCUT2D eigenvalue weighted by Crippen LogP contribution is 2.43. The number of nitrogens with one attached hydrogen (secondary N) is 2. The Morgan fingerprint density at radius 3 is 2.55 bits per heavy atom. The number of aryl methyl sites for hydroxylation is 1. The molecule has 0 aliphatic carbocycles. The van der Waals surface area contributed by atoms with Crippen LogP contribution in [-0.2, 0) is 25.4 Å². The van der Waals surface area contributed by atoms with Crippen molar-refractivity contribution in [2.45, 2.75) is 78.6 Å². The molecule has 2 aromatic heterocycles. The number of anilines is 1. The van der Waals surface area contributed by atoms with Crippen LogP contribution in [0.25, 0.3) is 11.2 Å². The Morgan fingerprint density at radius 2 is 1.90 bits per heavy atom. The van der Waals surface area contributed by atoms with Crippen molar-refractivity contribution in [3.63, 3.8) is 0 Å². The SMILES string of the molecule is CCCOC(=O)C(C)(C)NP(=O)(COC(C)Cn1cnc2c(N)ncnc21)NC(C)c1ccc(OC(F)(F)F)cc1C. The second kappa shape index (κ2) is 13.4. The molecular formula is C26H37F3N7O5P. The number of alkyl halides is 3. The van der Waals surface area contributed by atoms with Gasteiger partial charge in [0, 0.05) is 6.04 Å². The molecule has 0 spiro atoms. The van der Waals surface area contributed by atoms with Gasteiger partial charge in [-0.05, 0) is 64.3 Å². The van der Waals surface area contributed by atoms with E-state index in [9.17, 15) is 22.5 Å². The van der Waals surface area contributed by atoms with Crippen LogP contribution in [0.4, 0.5) is 19.0 Å². The van der Waals surface area contributed by atoms with E-state index in [-0.39, 0.29) is 24.5 Å². The first-order valence-electron chi connectivity index (χ1n) is 13.3. The number of benzene rings is 1. The summed E-state index contributed by atoms with van der Waals surface area (Å²) in [5, 5.41) is 5.94. The average Bonchev–Trinajstić information content (AvgIpc) is 3.28. The van der Waals surface area contributed by atoms with Gasteiger partial charge in [0.25, 0.3) is 0 Å². The van der Waals surface area contributed by atoms with Gasteiger partial charge in [-0.25, -0.2) is 25.1 Å². The van der Waals surface area contributed by atoms with Gasteiger partial charge in [-0.3, -0.25) is 9.36 Å². The van der Waals surface area contributed by atoms with Gasteiger partial charge in [0.15, 0.2) is 11.5 Å². The van der Waals surface area contributed by atoms with Gasteiger partial charge in [-0.1, -0.05) is 13.0 Å². The lowest BCUT2D eigenvalue weighted by Crippen LogP contribution is -2.49. The fourth-order valence-electron chi connectivity index (χ4n) is 4.28. The topological polar surface area (TPSA) is 156 Å². The van der Waals surface area contributed by atoms with Crippen molar-refractivity contribution in [3.05, 3.63) is 42.0 Å². The molecule has 0 amide bonds. The summed E-state index contributed by atoms with van der Waals surface area (Å²) in [5.74, 6) is -0.725. The number of fused-ring (bicyclic) bond motifs is 1. The van der Waals surface area contributed by atoms with Crippen LogP contribution in [0.15, 0.2) is 30.9 Å². The first kappa shape index (κ1) is 33.2. The summed E-state index contributed by atoms with van der Waals surface area (Å²) in [5.41, 5.74) is 6.52. The van der Waals surface area contributed by atoms with Crippen molar-refractivity contribution in [2.24, 2.45) is 0 Å². The zero-order chi connectivity index (χ0) is 31.3. The molecule has 2 heterocycles. The molecule has 1 aromatic carbocycles. The van der Waals surface area contributed by atoms with E-state index >= 15 is 0 Å². The lowest BCUT2D eigenvalue weighted by molar-refractivity contribution is -0.274. The second-order valence-electron chi connectivity index (χ2n) is 10.5. The quantitative estimate of drug-likeness (QED) is 0.168. The van der Waals surface area contributed by atoms with Crippen LogP contribution in [0.3, 0.4) is 0 Å². The molecule has 12 nitrogen and oxygen atoms in total. The van der Waals surface area contributed by atoms with Crippen LogP contribution < -0.4 is 20.6 Å². The largest absolute Gasteiger partial charge is 0.573 e. The maximum Gasteiger partial charge on any atom is 0.573 e. The molecule has 0 radical (unpaired) electrons. The number of ether oxygens (including phenoxy) is 3. The molecule has 3 unspecified atom stereocenters. The molecule has 0 saturated carbocycles. The zero-order valence-corrected chi connectivity index (χ0v) is 25.3. The minimum atomic E-state index is -4.83. The molecule has 0 aliphatic rings. The fraction of sp³-hybridized carbons (Fsp3) is 0.538. The molecule has 3 rings (SSSR count). The maximum atomic E-state index is 14.3. The van der Waals surface area contributed by atoms with E-state index in [0.717, 1.165) is 0 Å². The summed E-state index contributed by atoms with van der Waals surface area (Å²) in [6.07, 6.45) is -2.15. The average molecular weight is 616 g/mol. The molecule has 4 N–H and O–H groups in total. The summed E-state index contributed by atoms with van der Waals surface area (Å²) in [6.45, 7) is 10.5. The standard InChI is InChI=1S/C26H37F3N7O5P/c1-7-10-39-24(37)25(5,6)35-42(38,34-18(4)20-9-8-19(11-16(20)2)41-26(27,28)29)15-40-17(3)12-36-14-33-21-22(30)31-13-32-23(21)36/h8-9,11,13-14,17-18H,7,10,12,15H2,1-6H3,(H2,30,31,32)(H2,34,35,38). The summed E-state index contributed by atoms with van der Waals surface area (Å²) < 4.78 is 69.4. The van der Waals surface area contributed by atoms with Crippen molar-refractivity contribution in [2.75, 3.05) is 18.7 Å². The Balaban J connectivity index is 1.80. The van der Waals surface area contributed by atoms with E-state index in [0.29, 0.717) is 35.3 Å². The van der Waals surface area contributed by atoms with Gasteiger partial charge < -0.3 is 24.5 Å². The number of imidazole rings is 1. The number of aromatic nitrogens is 4. The molecule has 3 aromatic rings. The number of halogens is 3. The van der Waals surface area contributed by atoms with Crippen LogP contribution in [0.2, 0.25) is 0 Å². The maximum absolute atomic E-state index is 14.3.